The van der Waals surface area contributed by atoms with E-state index in [0.29, 0.717) is 0 Å². The molecular weight excluding hydrogens is 400 g/mol. The molecular formula is C19H13F6N3O. The van der Waals surface area contributed by atoms with Crippen LogP contribution in [0, 0.1) is 0 Å². The average Bonchev–Trinajstić information content (AvgIpc) is 2.67. The highest BCUT2D eigenvalue weighted by Crippen LogP contribution is 2.34. The highest BCUT2D eigenvalue weighted by atomic mass is 19.4. The van der Waals surface area contributed by atoms with E-state index in [-0.39, 0.29) is 23.1 Å². The van der Waals surface area contributed by atoms with Gasteiger partial charge in [0.25, 0.3) is 0 Å². The number of hydrogen-bond acceptors (Lipinski definition) is 4. The van der Waals surface area contributed by atoms with Crippen LogP contribution in [0.3, 0.4) is 0 Å². The molecule has 3 rings (SSSR count). The molecule has 2 aromatic carbocycles. The van der Waals surface area contributed by atoms with Crippen molar-refractivity contribution in [1.82, 2.24) is 9.97 Å². The summed E-state index contributed by atoms with van der Waals surface area (Å²) < 4.78 is 82.0. The third-order valence-corrected chi connectivity index (χ3v) is 3.94. The molecule has 29 heavy (non-hydrogen) atoms. The zero-order valence-corrected chi connectivity index (χ0v) is 14.8. The molecule has 0 aliphatic carbocycles. The zero-order chi connectivity index (χ0) is 21.2. The Hall–Kier alpha value is -3.30. The minimum absolute atomic E-state index is 0.0218. The van der Waals surface area contributed by atoms with Crippen LogP contribution < -0.4 is 9.64 Å². The number of benzene rings is 2. The molecule has 0 saturated heterocycles. The topological polar surface area (TPSA) is 38.2 Å². The maximum absolute atomic E-state index is 12.9. The lowest BCUT2D eigenvalue weighted by Crippen LogP contribution is -2.13. The first-order valence-corrected chi connectivity index (χ1v) is 8.12. The number of hydrogen-bond donors (Lipinski definition) is 0. The second-order valence-electron chi connectivity index (χ2n) is 5.95. The van der Waals surface area contributed by atoms with Gasteiger partial charge in [0.05, 0.1) is 11.1 Å². The Morgan fingerprint density at radius 2 is 1.45 bits per heavy atom. The van der Waals surface area contributed by atoms with Crippen LogP contribution in [0.5, 0.6) is 11.6 Å². The molecule has 0 spiro atoms. The van der Waals surface area contributed by atoms with Crippen molar-refractivity contribution >= 4 is 11.5 Å². The fourth-order valence-electron chi connectivity index (χ4n) is 2.42. The largest absolute Gasteiger partial charge is 0.439 e. The van der Waals surface area contributed by atoms with E-state index in [1.165, 1.54) is 30.1 Å². The number of rotatable bonds is 4. The lowest BCUT2D eigenvalue weighted by Gasteiger charge is -2.20. The molecule has 0 aliphatic heterocycles. The smallest absolute Gasteiger partial charge is 0.416 e. The first kappa shape index (κ1) is 20.4. The molecule has 1 heterocycles. The van der Waals surface area contributed by atoms with Gasteiger partial charge in [-0.25, -0.2) is 9.97 Å². The summed E-state index contributed by atoms with van der Waals surface area (Å²) in [6, 6.07) is 10.1. The van der Waals surface area contributed by atoms with Crippen LogP contribution in [-0.4, -0.2) is 17.0 Å². The van der Waals surface area contributed by atoms with Gasteiger partial charge in [0.15, 0.2) is 0 Å². The van der Waals surface area contributed by atoms with Crippen molar-refractivity contribution in [3.8, 4) is 11.6 Å². The van der Waals surface area contributed by atoms with Gasteiger partial charge >= 0.3 is 12.4 Å². The highest BCUT2D eigenvalue weighted by Gasteiger charge is 2.31. The maximum atomic E-state index is 12.9. The van der Waals surface area contributed by atoms with Crippen molar-refractivity contribution < 1.29 is 31.1 Å². The van der Waals surface area contributed by atoms with Gasteiger partial charge in [-0.2, -0.15) is 26.3 Å². The van der Waals surface area contributed by atoms with Crippen molar-refractivity contribution in [3.05, 3.63) is 72.1 Å². The molecule has 0 fully saturated rings. The van der Waals surface area contributed by atoms with E-state index in [2.05, 4.69) is 9.97 Å². The number of aromatic nitrogens is 2. The quantitative estimate of drug-likeness (QED) is 0.487. The summed E-state index contributed by atoms with van der Waals surface area (Å²) in [6.45, 7) is 0. The van der Waals surface area contributed by atoms with Gasteiger partial charge < -0.3 is 9.64 Å². The molecule has 0 N–H and O–H groups in total. The van der Waals surface area contributed by atoms with Crippen LogP contribution in [0.15, 0.2) is 60.9 Å². The van der Waals surface area contributed by atoms with E-state index in [1.807, 2.05) is 0 Å². The molecule has 0 amide bonds. The SMILES string of the molecule is CN(c1cccc(C(F)(F)F)c1)c1cc(Oc2ccc(C(F)(F)F)cc2)ncn1. The Labute approximate surface area is 161 Å². The van der Waals surface area contributed by atoms with Crippen LogP contribution >= 0.6 is 0 Å². The third kappa shape index (κ3) is 4.95. The molecule has 3 aromatic rings. The first-order chi connectivity index (χ1) is 13.5. The summed E-state index contributed by atoms with van der Waals surface area (Å²) in [4.78, 5) is 9.28. The Kier molecular flexibility index (Phi) is 5.36. The van der Waals surface area contributed by atoms with Gasteiger partial charge in [0, 0.05) is 18.8 Å². The Morgan fingerprint density at radius 1 is 0.793 bits per heavy atom. The molecule has 0 bridgehead atoms. The number of nitrogens with zero attached hydrogens (tertiary/aromatic N) is 3. The number of ether oxygens (including phenoxy) is 1. The molecule has 0 aliphatic rings. The van der Waals surface area contributed by atoms with Crippen LogP contribution in [0.25, 0.3) is 0 Å². The molecule has 152 valence electrons. The third-order valence-electron chi connectivity index (χ3n) is 3.94. The second-order valence-corrected chi connectivity index (χ2v) is 5.95. The minimum atomic E-state index is -4.49. The van der Waals surface area contributed by atoms with E-state index in [0.717, 1.165) is 42.7 Å². The maximum Gasteiger partial charge on any atom is 0.416 e. The lowest BCUT2D eigenvalue weighted by atomic mass is 10.2. The normalized spacial score (nSPS) is 12.0. The summed E-state index contributed by atoms with van der Waals surface area (Å²) >= 11 is 0. The number of halogens is 6. The second kappa shape index (κ2) is 7.61. The van der Waals surface area contributed by atoms with Crippen molar-refractivity contribution in [3.63, 3.8) is 0 Å². The van der Waals surface area contributed by atoms with Crippen molar-refractivity contribution in [2.45, 2.75) is 12.4 Å². The number of alkyl halides is 6. The lowest BCUT2D eigenvalue weighted by molar-refractivity contribution is -0.138. The van der Waals surface area contributed by atoms with E-state index in [4.69, 9.17) is 4.74 Å². The fourth-order valence-corrected chi connectivity index (χ4v) is 2.42. The number of anilines is 2. The molecule has 4 nitrogen and oxygen atoms in total. The summed E-state index contributed by atoms with van der Waals surface area (Å²) in [6.07, 6.45) is -7.81. The van der Waals surface area contributed by atoms with Crippen LogP contribution in [0.4, 0.5) is 37.8 Å². The highest BCUT2D eigenvalue weighted by molar-refractivity contribution is 5.60. The Balaban J connectivity index is 1.81. The van der Waals surface area contributed by atoms with Gasteiger partial charge in [-0.1, -0.05) is 6.07 Å². The van der Waals surface area contributed by atoms with Crippen molar-refractivity contribution in [2.75, 3.05) is 11.9 Å². The average molecular weight is 413 g/mol. The zero-order valence-electron chi connectivity index (χ0n) is 14.8. The summed E-state index contributed by atoms with van der Waals surface area (Å²) in [7, 11) is 1.51. The molecule has 0 saturated carbocycles. The predicted octanol–water partition coefficient (Wildman–Crippen LogP) is 6.07. The van der Waals surface area contributed by atoms with Crippen molar-refractivity contribution in [1.29, 1.82) is 0 Å². The van der Waals surface area contributed by atoms with Gasteiger partial charge in [-0.3, -0.25) is 0 Å². The summed E-state index contributed by atoms with van der Waals surface area (Å²) in [5.74, 6) is 0.374. The van der Waals surface area contributed by atoms with Gasteiger partial charge in [-0.15, -0.1) is 0 Å². The molecule has 1 aromatic heterocycles. The summed E-state index contributed by atoms with van der Waals surface area (Å²) in [5, 5.41) is 0. The predicted molar refractivity (Wildman–Crippen MR) is 93.1 cm³/mol. The molecule has 0 atom stereocenters. The molecule has 0 unspecified atom stereocenters. The fraction of sp³-hybridized carbons (Fsp3) is 0.158. The van der Waals surface area contributed by atoms with Crippen molar-refractivity contribution in [2.24, 2.45) is 0 Å². The van der Waals surface area contributed by atoms with E-state index < -0.39 is 23.5 Å². The summed E-state index contributed by atoms with van der Waals surface area (Å²) in [5.41, 5.74) is -1.39. The Morgan fingerprint density at radius 3 is 2.07 bits per heavy atom. The standard InChI is InChI=1S/C19H13F6N3O/c1-28(14-4-2-3-13(9-14)19(23,24)25)16-10-17(27-11-26-16)29-15-7-5-12(6-8-15)18(20,21)22/h2-11H,1H3. The van der Waals surface area contributed by atoms with E-state index >= 15 is 0 Å². The molecule has 10 heteroatoms. The Bertz CT molecular complexity index is 986. The van der Waals surface area contributed by atoms with Crippen LogP contribution in [0.1, 0.15) is 11.1 Å². The van der Waals surface area contributed by atoms with Gasteiger partial charge in [-0.05, 0) is 42.5 Å². The van der Waals surface area contributed by atoms with Gasteiger partial charge in [0.1, 0.15) is 17.9 Å². The first-order valence-electron chi connectivity index (χ1n) is 8.12. The van der Waals surface area contributed by atoms with E-state index in [1.54, 1.807) is 0 Å². The van der Waals surface area contributed by atoms with Gasteiger partial charge in [0.2, 0.25) is 5.88 Å². The van der Waals surface area contributed by atoms with E-state index in [9.17, 15) is 26.3 Å². The van der Waals surface area contributed by atoms with Crippen LogP contribution in [-0.2, 0) is 12.4 Å². The monoisotopic (exact) mass is 413 g/mol. The van der Waals surface area contributed by atoms with Crippen LogP contribution in [0.2, 0.25) is 0 Å². The molecule has 0 radical (unpaired) electrons. The minimum Gasteiger partial charge on any atom is -0.439 e.